The smallest absolute Gasteiger partial charge is 0.255 e. The average Bonchev–Trinajstić information content (AvgIpc) is 3.30. The standard InChI is InChI=1S/C32H36FN5O5/c1-42-28-10-8-22(21-29(28)43-2)30(39)35-26-20-24(32(41)38-15-11-34-12-16-38)7-9-27(26)36-13-4-14-37(18-17-36)31(40)23-5-3-6-25(33)19-23/h3,5-10,19-21,34H,4,11-18H2,1-2H3,(H,35,39). The summed E-state index contributed by atoms with van der Waals surface area (Å²) in [6.45, 7) is 4.71. The van der Waals surface area contributed by atoms with Crippen LogP contribution in [-0.4, -0.2) is 94.1 Å². The molecule has 0 aliphatic carbocycles. The molecule has 0 unspecified atom stereocenters. The van der Waals surface area contributed by atoms with Gasteiger partial charge in [-0.15, -0.1) is 0 Å². The highest BCUT2D eigenvalue weighted by molar-refractivity contribution is 6.07. The van der Waals surface area contributed by atoms with Crippen LogP contribution in [0.25, 0.3) is 0 Å². The van der Waals surface area contributed by atoms with Crippen molar-refractivity contribution < 1.29 is 28.2 Å². The fourth-order valence-corrected chi connectivity index (χ4v) is 5.43. The van der Waals surface area contributed by atoms with Crippen molar-refractivity contribution in [1.29, 1.82) is 0 Å². The van der Waals surface area contributed by atoms with E-state index in [0.29, 0.717) is 79.6 Å². The molecule has 2 aliphatic heterocycles. The van der Waals surface area contributed by atoms with Gasteiger partial charge in [-0.2, -0.15) is 0 Å². The number of rotatable bonds is 7. The van der Waals surface area contributed by atoms with Crippen molar-refractivity contribution in [1.82, 2.24) is 15.1 Å². The molecule has 0 atom stereocenters. The number of hydrogen-bond donors (Lipinski definition) is 2. The second kappa shape index (κ2) is 13.6. The van der Waals surface area contributed by atoms with E-state index in [1.165, 1.54) is 32.4 Å². The third-order valence-electron chi connectivity index (χ3n) is 7.74. The number of piperazine rings is 1. The molecule has 0 bridgehead atoms. The lowest BCUT2D eigenvalue weighted by atomic mass is 10.1. The highest BCUT2D eigenvalue weighted by Crippen LogP contribution is 2.32. The van der Waals surface area contributed by atoms with Crippen molar-refractivity contribution in [3.63, 3.8) is 0 Å². The van der Waals surface area contributed by atoms with E-state index < -0.39 is 5.82 Å². The molecule has 0 aromatic heterocycles. The first-order valence-corrected chi connectivity index (χ1v) is 14.3. The molecule has 2 aliphatic rings. The molecule has 43 heavy (non-hydrogen) atoms. The number of anilines is 2. The van der Waals surface area contributed by atoms with Crippen LogP contribution in [0.2, 0.25) is 0 Å². The number of carbonyl (C=O) groups excluding carboxylic acids is 3. The van der Waals surface area contributed by atoms with Gasteiger partial charge < -0.3 is 34.8 Å². The summed E-state index contributed by atoms with van der Waals surface area (Å²) in [6, 6.07) is 16.0. The van der Waals surface area contributed by atoms with Crippen LogP contribution in [0, 0.1) is 5.82 Å². The molecule has 226 valence electrons. The molecular formula is C32H36FN5O5. The Kier molecular flexibility index (Phi) is 9.41. The van der Waals surface area contributed by atoms with Crippen LogP contribution in [0.5, 0.6) is 11.5 Å². The number of nitrogens with one attached hydrogen (secondary N) is 2. The zero-order valence-electron chi connectivity index (χ0n) is 24.4. The second-order valence-electron chi connectivity index (χ2n) is 10.4. The van der Waals surface area contributed by atoms with Crippen molar-refractivity contribution in [3.05, 3.63) is 83.2 Å². The van der Waals surface area contributed by atoms with Gasteiger partial charge in [0.1, 0.15) is 5.82 Å². The van der Waals surface area contributed by atoms with E-state index in [9.17, 15) is 18.8 Å². The predicted octanol–water partition coefficient (Wildman–Crippen LogP) is 3.49. The van der Waals surface area contributed by atoms with Gasteiger partial charge in [0, 0.05) is 69.0 Å². The summed E-state index contributed by atoms with van der Waals surface area (Å²) in [6.07, 6.45) is 0.672. The molecule has 3 amide bonds. The molecule has 11 heteroatoms. The monoisotopic (exact) mass is 589 g/mol. The first-order valence-electron chi connectivity index (χ1n) is 14.3. The van der Waals surface area contributed by atoms with Crippen LogP contribution in [0.4, 0.5) is 15.8 Å². The molecule has 3 aromatic rings. The van der Waals surface area contributed by atoms with E-state index in [4.69, 9.17) is 9.47 Å². The Bertz CT molecular complexity index is 1490. The van der Waals surface area contributed by atoms with Crippen molar-refractivity contribution in [2.24, 2.45) is 0 Å². The summed E-state index contributed by atoms with van der Waals surface area (Å²) in [4.78, 5) is 45.6. The van der Waals surface area contributed by atoms with E-state index in [1.54, 1.807) is 46.2 Å². The van der Waals surface area contributed by atoms with Crippen molar-refractivity contribution >= 4 is 29.1 Å². The lowest BCUT2D eigenvalue weighted by Gasteiger charge is -2.29. The maximum Gasteiger partial charge on any atom is 0.255 e. The first-order chi connectivity index (χ1) is 20.9. The van der Waals surface area contributed by atoms with Gasteiger partial charge in [-0.25, -0.2) is 4.39 Å². The molecular weight excluding hydrogens is 553 g/mol. The number of carbonyl (C=O) groups is 3. The predicted molar refractivity (Wildman–Crippen MR) is 162 cm³/mol. The van der Waals surface area contributed by atoms with Crippen LogP contribution in [0.15, 0.2) is 60.7 Å². The van der Waals surface area contributed by atoms with Crippen LogP contribution in [-0.2, 0) is 0 Å². The number of benzene rings is 3. The molecule has 0 radical (unpaired) electrons. The Morgan fingerprint density at radius 3 is 2.16 bits per heavy atom. The van der Waals surface area contributed by atoms with E-state index in [0.717, 1.165) is 18.8 Å². The van der Waals surface area contributed by atoms with Gasteiger partial charge in [0.2, 0.25) is 0 Å². The van der Waals surface area contributed by atoms with Gasteiger partial charge in [0.05, 0.1) is 25.6 Å². The largest absolute Gasteiger partial charge is 0.493 e. The fourth-order valence-electron chi connectivity index (χ4n) is 5.43. The molecule has 2 saturated heterocycles. The van der Waals surface area contributed by atoms with E-state index in [2.05, 4.69) is 15.5 Å². The minimum atomic E-state index is -0.451. The molecule has 0 saturated carbocycles. The number of hydrogen-bond acceptors (Lipinski definition) is 7. The third-order valence-corrected chi connectivity index (χ3v) is 7.74. The molecule has 3 aromatic carbocycles. The van der Waals surface area contributed by atoms with Crippen LogP contribution in [0.3, 0.4) is 0 Å². The Labute approximate surface area is 250 Å². The van der Waals surface area contributed by atoms with Gasteiger partial charge in [0.15, 0.2) is 11.5 Å². The zero-order valence-corrected chi connectivity index (χ0v) is 24.4. The number of ether oxygens (including phenoxy) is 2. The minimum absolute atomic E-state index is 0.0996. The number of amides is 3. The van der Waals surface area contributed by atoms with E-state index >= 15 is 0 Å². The molecule has 0 spiro atoms. The quantitative estimate of drug-likeness (QED) is 0.435. The Balaban J connectivity index is 1.41. The molecule has 10 nitrogen and oxygen atoms in total. The van der Waals surface area contributed by atoms with Crippen molar-refractivity contribution in [2.75, 3.05) is 76.8 Å². The Morgan fingerprint density at radius 2 is 1.44 bits per heavy atom. The van der Waals surface area contributed by atoms with E-state index in [-0.39, 0.29) is 17.7 Å². The van der Waals surface area contributed by atoms with Crippen LogP contribution in [0.1, 0.15) is 37.5 Å². The minimum Gasteiger partial charge on any atom is -0.493 e. The highest BCUT2D eigenvalue weighted by atomic mass is 19.1. The van der Waals surface area contributed by atoms with Gasteiger partial charge >= 0.3 is 0 Å². The zero-order chi connectivity index (χ0) is 30.3. The average molecular weight is 590 g/mol. The number of methoxy groups -OCH3 is 2. The Morgan fingerprint density at radius 1 is 0.744 bits per heavy atom. The fraction of sp³-hybridized carbons (Fsp3) is 0.344. The summed E-state index contributed by atoms with van der Waals surface area (Å²) in [5.74, 6) is -0.212. The highest BCUT2D eigenvalue weighted by Gasteiger charge is 2.25. The first kappa shape index (κ1) is 29.8. The summed E-state index contributed by atoms with van der Waals surface area (Å²) in [7, 11) is 3.03. The topological polar surface area (TPSA) is 103 Å². The summed E-state index contributed by atoms with van der Waals surface area (Å²) >= 11 is 0. The van der Waals surface area contributed by atoms with Gasteiger partial charge in [-0.1, -0.05) is 6.07 Å². The lowest BCUT2D eigenvalue weighted by Crippen LogP contribution is -2.46. The molecule has 2 heterocycles. The Hall–Kier alpha value is -4.64. The molecule has 2 fully saturated rings. The second-order valence-corrected chi connectivity index (χ2v) is 10.4. The van der Waals surface area contributed by atoms with Crippen molar-refractivity contribution in [2.45, 2.75) is 6.42 Å². The van der Waals surface area contributed by atoms with Crippen molar-refractivity contribution in [3.8, 4) is 11.5 Å². The summed E-state index contributed by atoms with van der Waals surface area (Å²) < 4.78 is 24.4. The summed E-state index contributed by atoms with van der Waals surface area (Å²) in [5, 5.41) is 6.27. The maximum absolute atomic E-state index is 13.8. The van der Waals surface area contributed by atoms with Gasteiger partial charge in [-0.05, 0) is 61.0 Å². The van der Waals surface area contributed by atoms with E-state index in [1.807, 2.05) is 6.07 Å². The van der Waals surface area contributed by atoms with Gasteiger partial charge in [-0.3, -0.25) is 14.4 Å². The molecule has 5 rings (SSSR count). The number of nitrogens with zero attached hydrogens (tertiary/aromatic N) is 3. The lowest BCUT2D eigenvalue weighted by molar-refractivity contribution is 0.0734. The van der Waals surface area contributed by atoms with Crippen LogP contribution < -0.4 is 25.0 Å². The summed E-state index contributed by atoms with van der Waals surface area (Å²) in [5.41, 5.74) is 2.39. The maximum atomic E-state index is 13.8. The SMILES string of the molecule is COc1ccc(C(=O)Nc2cc(C(=O)N3CCNCC3)ccc2N2CCCN(C(=O)c3cccc(F)c3)CC2)cc1OC. The van der Waals surface area contributed by atoms with Gasteiger partial charge in [0.25, 0.3) is 17.7 Å². The number of halogens is 1. The van der Waals surface area contributed by atoms with Crippen LogP contribution >= 0.6 is 0 Å². The third kappa shape index (κ3) is 6.89. The molecule has 2 N–H and O–H groups in total. The normalized spacial score (nSPS) is 15.5.